The minimum Gasteiger partial charge on any atom is -0.511 e. The summed E-state index contributed by atoms with van der Waals surface area (Å²) in [5.74, 6) is 0.00330. The maximum absolute atomic E-state index is 12.4. The summed E-state index contributed by atoms with van der Waals surface area (Å²) in [6.45, 7) is 10.0. The van der Waals surface area contributed by atoms with Crippen molar-refractivity contribution in [3.8, 4) is 0 Å². The van der Waals surface area contributed by atoms with Crippen molar-refractivity contribution in [2.75, 3.05) is 0 Å². The molecule has 2 rings (SSSR count). The Morgan fingerprint density at radius 2 is 1.86 bits per heavy atom. The Morgan fingerprint density at radius 3 is 2.33 bits per heavy atom. The Bertz CT molecular complexity index is 575. The first-order valence-electron chi connectivity index (χ1n) is 7.56. The van der Waals surface area contributed by atoms with Crippen LogP contribution in [-0.2, 0) is 9.53 Å². The molecule has 2 unspecified atom stereocenters. The molecule has 0 radical (unpaired) electrons. The summed E-state index contributed by atoms with van der Waals surface area (Å²) >= 11 is 0. The van der Waals surface area contributed by atoms with Crippen molar-refractivity contribution in [1.29, 1.82) is 0 Å². The molecule has 0 amide bonds. The maximum atomic E-state index is 12.4. The standard InChI is InChI=1S/C18H24O3/c1-6-11(3)15-9-14(19)17(18(20)21-15)16-12(4)7-10(2)8-13(16)5/h7-8,11,15,19H,6,9H2,1-5H3. The third-order valence-corrected chi connectivity index (χ3v) is 4.35. The maximum Gasteiger partial charge on any atom is 0.342 e. The topological polar surface area (TPSA) is 46.5 Å². The smallest absolute Gasteiger partial charge is 0.342 e. The van der Waals surface area contributed by atoms with E-state index in [9.17, 15) is 9.90 Å². The molecule has 1 N–H and O–H groups in total. The van der Waals surface area contributed by atoms with Crippen molar-refractivity contribution < 1.29 is 14.6 Å². The summed E-state index contributed by atoms with van der Waals surface area (Å²) < 4.78 is 5.56. The first kappa shape index (κ1) is 15.6. The lowest BCUT2D eigenvalue weighted by Gasteiger charge is -2.29. The van der Waals surface area contributed by atoms with Crippen LogP contribution in [-0.4, -0.2) is 17.2 Å². The average Bonchev–Trinajstić information content (AvgIpc) is 2.39. The second kappa shape index (κ2) is 5.92. The van der Waals surface area contributed by atoms with Gasteiger partial charge in [0.1, 0.15) is 17.4 Å². The molecule has 0 aromatic heterocycles. The number of ether oxygens (including phenoxy) is 1. The van der Waals surface area contributed by atoms with Gasteiger partial charge in [-0.05, 0) is 43.4 Å². The van der Waals surface area contributed by atoms with Crippen molar-refractivity contribution >= 4 is 11.5 Å². The molecule has 3 nitrogen and oxygen atoms in total. The van der Waals surface area contributed by atoms with Crippen molar-refractivity contribution in [2.45, 2.75) is 53.6 Å². The van der Waals surface area contributed by atoms with Gasteiger partial charge in [0.15, 0.2) is 0 Å². The number of aliphatic hydroxyl groups is 1. The molecule has 0 fully saturated rings. The Morgan fingerprint density at radius 1 is 1.29 bits per heavy atom. The number of hydrogen-bond acceptors (Lipinski definition) is 3. The van der Waals surface area contributed by atoms with Crippen LogP contribution in [0.3, 0.4) is 0 Å². The third-order valence-electron chi connectivity index (χ3n) is 4.35. The summed E-state index contributed by atoms with van der Waals surface area (Å²) in [5, 5.41) is 10.4. The number of aryl methyl sites for hydroxylation is 3. The van der Waals surface area contributed by atoms with Gasteiger partial charge in [-0.3, -0.25) is 0 Å². The zero-order valence-electron chi connectivity index (χ0n) is 13.5. The quantitative estimate of drug-likeness (QED) is 0.846. The highest BCUT2D eigenvalue weighted by atomic mass is 16.5. The minimum atomic E-state index is -0.404. The summed E-state index contributed by atoms with van der Waals surface area (Å²) in [4.78, 5) is 12.4. The fraction of sp³-hybridized carbons (Fsp3) is 0.500. The first-order valence-corrected chi connectivity index (χ1v) is 7.56. The summed E-state index contributed by atoms with van der Waals surface area (Å²) in [6.07, 6.45) is 1.10. The largest absolute Gasteiger partial charge is 0.511 e. The van der Waals surface area contributed by atoms with Crippen LogP contribution in [0.1, 0.15) is 48.9 Å². The molecule has 1 heterocycles. The fourth-order valence-corrected chi connectivity index (χ4v) is 3.05. The van der Waals surface area contributed by atoms with Crippen LogP contribution in [0.2, 0.25) is 0 Å². The van der Waals surface area contributed by atoms with E-state index in [-0.39, 0.29) is 17.8 Å². The van der Waals surface area contributed by atoms with E-state index in [1.807, 2.05) is 39.8 Å². The number of rotatable bonds is 3. The van der Waals surface area contributed by atoms with Gasteiger partial charge in [-0.2, -0.15) is 0 Å². The van der Waals surface area contributed by atoms with Crippen LogP contribution in [0.15, 0.2) is 17.9 Å². The van der Waals surface area contributed by atoms with E-state index in [1.165, 1.54) is 0 Å². The Hall–Kier alpha value is -1.77. The van der Waals surface area contributed by atoms with E-state index in [4.69, 9.17) is 4.74 Å². The summed E-state index contributed by atoms with van der Waals surface area (Å²) in [6, 6.07) is 4.05. The number of cyclic esters (lactones) is 1. The van der Waals surface area contributed by atoms with E-state index in [0.717, 1.165) is 28.7 Å². The van der Waals surface area contributed by atoms with Crippen molar-refractivity contribution in [2.24, 2.45) is 5.92 Å². The van der Waals surface area contributed by atoms with Gasteiger partial charge >= 0.3 is 5.97 Å². The van der Waals surface area contributed by atoms with E-state index < -0.39 is 5.97 Å². The van der Waals surface area contributed by atoms with Crippen molar-refractivity contribution in [1.82, 2.24) is 0 Å². The minimum absolute atomic E-state index is 0.159. The van der Waals surface area contributed by atoms with Crippen LogP contribution in [0.4, 0.5) is 0 Å². The van der Waals surface area contributed by atoms with Gasteiger partial charge in [-0.15, -0.1) is 0 Å². The molecule has 0 saturated heterocycles. The summed E-state index contributed by atoms with van der Waals surface area (Å²) in [7, 11) is 0. The molecule has 0 saturated carbocycles. The van der Waals surface area contributed by atoms with Crippen molar-refractivity contribution in [3.63, 3.8) is 0 Å². The molecule has 1 aliphatic heterocycles. The number of hydrogen-bond donors (Lipinski definition) is 1. The lowest BCUT2D eigenvalue weighted by molar-refractivity contribution is -0.146. The van der Waals surface area contributed by atoms with Gasteiger partial charge in [0, 0.05) is 6.42 Å². The molecule has 1 aliphatic rings. The highest BCUT2D eigenvalue weighted by Gasteiger charge is 2.33. The lowest BCUT2D eigenvalue weighted by atomic mass is 9.88. The van der Waals surface area contributed by atoms with Crippen LogP contribution in [0, 0.1) is 26.7 Å². The molecular formula is C18H24O3. The van der Waals surface area contributed by atoms with Crippen LogP contribution in [0.5, 0.6) is 0 Å². The number of esters is 1. The predicted molar refractivity (Wildman–Crippen MR) is 84.2 cm³/mol. The molecular weight excluding hydrogens is 264 g/mol. The third kappa shape index (κ3) is 2.97. The fourth-order valence-electron chi connectivity index (χ4n) is 3.05. The molecule has 0 aliphatic carbocycles. The van der Waals surface area contributed by atoms with Gasteiger partial charge in [-0.25, -0.2) is 4.79 Å². The second-order valence-corrected chi connectivity index (χ2v) is 6.13. The first-order chi connectivity index (χ1) is 9.85. The van der Waals surface area contributed by atoms with Gasteiger partial charge in [-0.1, -0.05) is 38.0 Å². The number of carbonyl (C=O) groups is 1. The zero-order chi connectivity index (χ0) is 15.7. The molecule has 0 spiro atoms. The lowest BCUT2D eigenvalue weighted by Crippen LogP contribution is -2.31. The number of aliphatic hydroxyl groups excluding tert-OH is 1. The van der Waals surface area contributed by atoms with Gasteiger partial charge in [0.2, 0.25) is 0 Å². The van der Waals surface area contributed by atoms with Gasteiger partial charge < -0.3 is 9.84 Å². The van der Waals surface area contributed by atoms with Crippen molar-refractivity contribution in [3.05, 3.63) is 40.1 Å². The molecule has 21 heavy (non-hydrogen) atoms. The summed E-state index contributed by atoms with van der Waals surface area (Å²) in [5.41, 5.74) is 4.28. The molecule has 3 heteroatoms. The number of benzene rings is 1. The highest BCUT2D eigenvalue weighted by Crippen LogP contribution is 2.34. The van der Waals surface area contributed by atoms with Crippen LogP contribution in [0.25, 0.3) is 5.57 Å². The number of carbonyl (C=O) groups excluding carboxylic acids is 1. The van der Waals surface area contributed by atoms with Crippen LogP contribution >= 0.6 is 0 Å². The van der Waals surface area contributed by atoms with E-state index >= 15 is 0 Å². The van der Waals surface area contributed by atoms with E-state index in [1.54, 1.807) is 0 Å². The Labute approximate surface area is 126 Å². The molecule has 1 aromatic rings. The average molecular weight is 288 g/mol. The van der Waals surface area contributed by atoms with Gasteiger partial charge in [0.25, 0.3) is 0 Å². The molecule has 0 bridgehead atoms. The zero-order valence-corrected chi connectivity index (χ0v) is 13.5. The molecule has 1 aromatic carbocycles. The van der Waals surface area contributed by atoms with E-state index in [2.05, 4.69) is 6.92 Å². The highest BCUT2D eigenvalue weighted by molar-refractivity contribution is 6.18. The normalized spacial score (nSPS) is 20.4. The van der Waals surface area contributed by atoms with E-state index in [0.29, 0.717) is 12.0 Å². The Balaban J connectivity index is 2.47. The second-order valence-electron chi connectivity index (χ2n) is 6.13. The molecule has 2 atom stereocenters. The van der Waals surface area contributed by atoms with Gasteiger partial charge in [0.05, 0.1) is 0 Å². The Kier molecular flexibility index (Phi) is 4.40. The predicted octanol–water partition coefficient (Wildman–Crippen LogP) is 4.24. The SMILES string of the molecule is CCC(C)C1CC(O)=C(c2c(C)cc(C)cc2C)C(=O)O1. The monoisotopic (exact) mass is 288 g/mol. The molecule has 114 valence electrons. The van der Waals surface area contributed by atoms with Crippen LogP contribution < -0.4 is 0 Å².